The number of thioether (sulfide) groups is 1. The number of thiazole rings is 1. The van der Waals surface area contributed by atoms with Gasteiger partial charge in [0.25, 0.3) is 0 Å². The standard InChI is InChI=1S/C22H21FN2O3S3/c1-2-28-21(27)19-15-5-3-4-6-17(15)31-20(19)25-18(26)12-30-22-24-16(11-29-22)13-7-9-14(23)10-8-13/h7-11H,2-6,12H2,1H3,(H,25,26). The molecule has 0 spiro atoms. The van der Waals surface area contributed by atoms with E-state index in [1.807, 2.05) is 5.38 Å². The molecule has 162 valence electrons. The molecule has 0 saturated carbocycles. The van der Waals surface area contributed by atoms with Gasteiger partial charge in [-0.1, -0.05) is 11.8 Å². The summed E-state index contributed by atoms with van der Waals surface area (Å²) in [5.41, 5.74) is 3.13. The van der Waals surface area contributed by atoms with Gasteiger partial charge in [-0.3, -0.25) is 4.79 Å². The fourth-order valence-corrected chi connectivity index (χ4v) is 6.37. The first kappa shape index (κ1) is 22.0. The summed E-state index contributed by atoms with van der Waals surface area (Å²) in [5.74, 6) is -0.662. The summed E-state index contributed by atoms with van der Waals surface area (Å²) in [6.07, 6.45) is 3.91. The number of ether oxygens (including phenoxy) is 1. The third-order valence-corrected chi connectivity index (χ3v) is 8.08. The molecular formula is C22H21FN2O3S3. The Balaban J connectivity index is 1.42. The summed E-state index contributed by atoms with van der Waals surface area (Å²) in [6, 6.07) is 6.16. The Kier molecular flexibility index (Phi) is 7.04. The van der Waals surface area contributed by atoms with Gasteiger partial charge in [0, 0.05) is 15.8 Å². The van der Waals surface area contributed by atoms with E-state index in [0.717, 1.165) is 46.8 Å². The lowest BCUT2D eigenvalue weighted by atomic mass is 9.95. The quantitative estimate of drug-likeness (QED) is 0.345. The molecule has 1 amide bonds. The molecule has 9 heteroatoms. The summed E-state index contributed by atoms with van der Waals surface area (Å²) >= 11 is 4.26. The topological polar surface area (TPSA) is 68.3 Å². The second-order valence-electron chi connectivity index (χ2n) is 6.98. The van der Waals surface area contributed by atoms with Crippen molar-refractivity contribution in [1.82, 2.24) is 4.98 Å². The van der Waals surface area contributed by atoms with Crippen LogP contribution in [0, 0.1) is 5.82 Å². The number of carbonyl (C=O) groups excluding carboxylic acids is 2. The number of hydrogen-bond donors (Lipinski definition) is 1. The number of benzene rings is 1. The van der Waals surface area contributed by atoms with Gasteiger partial charge in [0.2, 0.25) is 5.91 Å². The highest BCUT2D eigenvalue weighted by Crippen LogP contribution is 2.39. The molecule has 1 aromatic carbocycles. The Morgan fingerprint density at radius 2 is 2.00 bits per heavy atom. The van der Waals surface area contributed by atoms with Crippen LogP contribution in [0.4, 0.5) is 9.39 Å². The van der Waals surface area contributed by atoms with Crippen LogP contribution in [0.2, 0.25) is 0 Å². The number of thiophene rings is 1. The van der Waals surface area contributed by atoms with Crippen molar-refractivity contribution in [3.8, 4) is 11.3 Å². The highest BCUT2D eigenvalue weighted by Gasteiger charge is 2.27. The zero-order chi connectivity index (χ0) is 21.8. The van der Waals surface area contributed by atoms with Crippen LogP contribution in [0.1, 0.15) is 40.6 Å². The van der Waals surface area contributed by atoms with E-state index in [1.165, 1.54) is 51.4 Å². The summed E-state index contributed by atoms with van der Waals surface area (Å²) in [7, 11) is 0. The molecular weight excluding hydrogens is 455 g/mol. The number of esters is 1. The molecule has 2 aromatic heterocycles. The number of amides is 1. The van der Waals surface area contributed by atoms with Crippen molar-refractivity contribution in [3.05, 3.63) is 51.5 Å². The van der Waals surface area contributed by atoms with E-state index in [1.54, 1.807) is 19.1 Å². The van der Waals surface area contributed by atoms with Crippen LogP contribution in [-0.4, -0.2) is 29.2 Å². The molecule has 4 rings (SSSR count). The molecule has 0 atom stereocenters. The monoisotopic (exact) mass is 476 g/mol. The predicted octanol–water partition coefficient (Wildman–Crippen LogP) is 5.80. The highest BCUT2D eigenvalue weighted by atomic mass is 32.2. The molecule has 0 saturated heterocycles. The molecule has 1 aliphatic carbocycles. The molecule has 0 radical (unpaired) electrons. The van der Waals surface area contributed by atoms with Crippen LogP contribution in [0.3, 0.4) is 0 Å². The smallest absolute Gasteiger partial charge is 0.341 e. The fourth-order valence-electron chi connectivity index (χ4n) is 3.44. The SMILES string of the molecule is CCOC(=O)c1c(NC(=O)CSc2nc(-c3ccc(F)cc3)cs2)sc2c1CCCC2. The van der Waals surface area contributed by atoms with Gasteiger partial charge < -0.3 is 10.1 Å². The Hall–Kier alpha value is -2.23. The Morgan fingerprint density at radius 3 is 2.77 bits per heavy atom. The van der Waals surface area contributed by atoms with Crippen molar-refractivity contribution < 1.29 is 18.7 Å². The van der Waals surface area contributed by atoms with E-state index >= 15 is 0 Å². The van der Waals surface area contributed by atoms with Gasteiger partial charge in [0.1, 0.15) is 10.8 Å². The molecule has 5 nitrogen and oxygen atoms in total. The number of nitrogens with one attached hydrogen (secondary N) is 1. The van der Waals surface area contributed by atoms with Crippen molar-refractivity contribution in [2.45, 2.75) is 36.9 Å². The van der Waals surface area contributed by atoms with Gasteiger partial charge in [-0.25, -0.2) is 14.2 Å². The van der Waals surface area contributed by atoms with Gasteiger partial charge in [-0.15, -0.1) is 22.7 Å². The summed E-state index contributed by atoms with van der Waals surface area (Å²) in [4.78, 5) is 30.8. The number of aryl methyl sites for hydroxylation is 1. The maximum absolute atomic E-state index is 13.1. The van der Waals surface area contributed by atoms with Crippen molar-refractivity contribution in [2.24, 2.45) is 0 Å². The number of halogens is 1. The lowest BCUT2D eigenvalue weighted by Gasteiger charge is -2.12. The van der Waals surface area contributed by atoms with Crippen molar-refractivity contribution in [2.75, 3.05) is 17.7 Å². The van der Waals surface area contributed by atoms with E-state index in [4.69, 9.17) is 4.74 Å². The van der Waals surface area contributed by atoms with Gasteiger partial charge >= 0.3 is 5.97 Å². The minimum Gasteiger partial charge on any atom is -0.462 e. The molecule has 0 fully saturated rings. The van der Waals surface area contributed by atoms with Crippen LogP contribution in [0.5, 0.6) is 0 Å². The zero-order valence-corrected chi connectivity index (χ0v) is 19.4. The lowest BCUT2D eigenvalue weighted by Crippen LogP contribution is -2.17. The molecule has 0 aliphatic heterocycles. The summed E-state index contributed by atoms with van der Waals surface area (Å²) in [5, 5.41) is 5.39. The number of carbonyl (C=O) groups is 2. The Bertz CT molecular complexity index is 1090. The van der Waals surface area contributed by atoms with Crippen LogP contribution in [0.25, 0.3) is 11.3 Å². The molecule has 2 heterocycles. The van der Waals surface area contributed by atoms with Crippen LogP contribution in [-0.2, 0) is 22.4 Å². The maximum atomic E-state index is 13.1. The minimum atomic E-state index is -0.367. The molecule has 31 heavy (non-hydrogen) atoms. The third kappa shape index (κ3) is 5.16. The fraction of sp³-hybridized carbons (Fsp3) is 0.318. The first-order valence-corrected chi connectivity index (χ1v) is 12.7. The van der Waals surface area contributed by atoms with E-state index in [9.17, 15) is 14.0 Å². The van der Waals surface area contributed by atoms with E-state index < -0.39 is 0 Å². The predicted molar refractivity (Wildman–Crippen MR) is 124 cm³/mol. The van der Waals surface area contributed by atoms with E-state index in [-0.39, 0.29) is 23.4 Å². The average molecular weight is 477 g/mol. The second-order valence-corrected chi connectivity index (χ2v) is 10.2. The van der Waals surface area contributed by atoms with Crippen molar-refractivity contribution in [1.29, 1.82) is 0 Å². The van der Waals surface area contributed by atoms with Gasteiger partial charge in [0.15, 0.2) is 4.34 Å². The van der Waals surface area contributed by atoms with Crippen LogP contribution < -0.4 is 5.32 Å². The van der Waals surface area contributed by atoms with Gasteiger partial charge in [-0.05, 0) is 62.4 Å². The number of rotatable bonds is 7. The maximum Gasteiger partial charge on any atom is 0.341 e. The van der Waals surface area contributed by atoms with Crippen LogP contribution in [0.15, 0.2) is 34.0 Å². The number of anilines is 1. The number of fused-ring (bicyclic) bond motifs is 1. The normalized spacial score (nSPS) is 13.0. The van der Waals surface area contributed by atoms with Crippen molar-refractivity contribution in [3.63, 3.8) is 0 Å². The molecule has 1 N–H and O–H groups in total. The Morgan fingerprint density at radius 1 is 1.23 bits per heavy atom. The average Bonchev–Trinajstić information content (AvgIpc) is 3.37. The molecule has 3 aromatic rings. The third-order valence-electron chi connectivity index (χ3n) is 4.85. The van der Waals surface area contributed by atoms with Crippen LogP contribution >= 0.6 is 34.4 Å². The number of aromatic nitrogens is 1. The lowest BCUT2D eigenvalue weighted by molar-refractivity contribution is -0.113. The second kappa shape index (κ2) is 9.93. The minimum absolute atomic E-state index is 0.182. The molecule has 0 bridgehead atoms. The van der Waals surface area contributed by atoms with Crippen molar-refractivity contribution >= 4 is 51.3 Å². The van der Waals surface area contributed by atoms with E-state index in [2.05, 4.69) is 10.3 Å². The summed E-state index contributed by atoms with van der Waals surface area (Å²) < 4.78 is 19.1. The largest absolute Gasteiger partial charge is 0.462 e. The molecule has 1 aliphatic rings. The van der Waals surface area contributed by atoms with Gasteiger partial charge in [0.05, 0.1) is 23.6 Å². The van der Waals surface area contributed by atoms with E-state index in [0.29, 0.717) is 17.2 Å². The first-order chi connectivity index (χ1) is 15.0. The van der Waals surface area contributed by atoms with Gasteiger partial charge in [-0.2, -0.15) is 0 Å². The molecule has 0 unspecified atom stereocenters. The Labute approximate surface area is 192 Å². The number of hydrogen-bond acceptors (Lipinski definition) is 7. The summed E-state index contributed by atoms with van der Waals surface area (Å²) in [6.45, 7) is 2.08. The number of nitrogens with zero attached hydrogens (tertiary/aromatic N) is 1. The first-order valence-electron chi connectivity index (χ1n) is 10.0. The zero-order valence-electron chi connectivity index (χ0n) is 16.9. The highest BCUT2D eigenvalue weighted by molar-refractivity contribution is 8.01.